The molecular weight excluding hydrogens is 532 g/mol. The maximum Gasteiger partial charge on any atom is 0.225 e. The number of rotatable bonds is 6. The number of ether oxygens (including phenoxy) is 1. The third-order valence-corrected chi connectivity index (χ3v) is 9.27. The number of pyridine rings is 1. The van der Waals surface area contributed by atoms with Gasteiger partial charge in [0.1, 0.15) is 11.4 Å². The van der Waals surface area contributed by atoms with E-state index < -0.39 is 9.84 Å². The summed E-state index contributed by atoms with van der Waals surface area (Å²) in [6.45, 7) is 1.69. The summed E-state index contributed by atoms with van der Waals surface area (Å²) < 4.78 is 31.9. The topological polar surface area (TPSA) is 85.3 Å². The van der Waals surface area contributed by atoms with Gasteiger partial charge in [0, 0.05) is 32.1 Å². The van der Waals surface area contributed by atoms with Crippen molar-refractivity contribution in [3.05, 3.63) is 101 Å². The van der Waals surface area contributed by atoms with Gasteiger partial charge >= 0.3 is 0 Å². The molecule has 200 valence electrons. The first-order valence-electron chi connectivity index (χ1n) is 13.1. The molecule has 0 radical (unpaired) electrons. The van der Waals surface area contributed by atoms with Gasteiger partial charge in [-0.1, -0.05) is 48.0 Å². The van der Waals surface area contributed by atoms with Crippen LogP contribution in [-0.2, 0) is 27.8 Å². The van der Waals surface area contributed by atoms with E-state index in [0.29, 0.717) is 16.7 Å². The minimum absolute atomic E-state index is 0.00840. The number of benzene rings is 2. The minimum Gasteiger partial charge on any atom is -0.487 e. The summed E-state index contributed by atoms with van der Waals surface area (Å²) in [7, 11) is -3.31. The third-order valence-electron chi connectivity index (χ3n) is 7.57. The van der Waals surface area contributed by atoms with Crippen LogP contribution < -0.4 is 9.64 Å². The second-order valence-corrected chi connectivity index (χ2v) is 12.8. The molecule has 1 fully saturated rings. The third kappa shape index (κ3) is 5.92. The molecule has 39 heavy (non-hydrogen) atoms. The first kappa shape index (κ1) is 25.8. The Hall–Kier alpha value is -3.49. The zero-order valence-corrected chi connectivity index (χ0v) is 23.0. The molecule has 2 aromatic carbocycles. The van der Waals surface area contributed by atoms with Crippen LogP contribution in [0.1, 0.15) is 36.1 Å². The van der Waals surface area contributed by atoms with E-state index in [4.69, 9.17) is 16.3 Å². The number of anilines is 1. The lowest BCUT2D eigenvalue weighted by Crippen LogP contribution is -2.50. The Morgan fingerprint density at radius 2 is 1.62 bits per heavy atom. The van der Waals surface area contributed by atoms with Gasteiger partial charge in [-0.15, -0.1) is 0 Å². The normalized spacial score (nSPS) is 16.5. The number of fused-ring (bicyclic) bond motifs is 1. The Labute approximate surface area is 233 Å². The molecule has 0 aliphatic carbocycles. The Balaban J connectivity index is 1.09. The van der Waals surface area contributed by atoms with Crippen molar-refractivity contribution in [3.63, 3.8) is 0 Å². The molecule has 2 aromatic heterocycles. The highest BCUT2D eigenvalue weighted by molar-refractivity contribution is 7.89. The van der Waals surface area contributed by atoms with Gasteiger partial charge in [-0.3, -0.25) is 4.98 Å². The number of halogens is 1. The van der Waals surface area contributed by atoms with E-state index in [1.54, 1.807) is 36.8 Å². The lowest BCUT2D eigenvalue weighted by Gasteiger charge is -2.44. The van der Waals surface area contributed by atoms with Crippen LogP contribution >= 0.6 is 11.6 Å². The fraction of sp³-hybridized carbons (Fsp3) is 0.300. The van der Waals surface area contributed by atoms with Crippen molar-refractivity contribution in [2.75, 3.05) is 18.0 Å². The van der Waals surface area contributed by atoms with Gasteiger partial charge in [-0.05, 0) is 59.4 Å². The molecule has 0 atom stereocenters. The van der Waals surface area contributed by atoms with Crippen LogP contribution in [-0.4, -0.2) is 42.1 Å². The van der Waals surface area contributed by atoms with E-state index in [0.717, 1.165) is 61.2 Å². The second kappa shape index (κ2) is 10.6. The van der Waals surface area contributed by atoms with Gasteiger partial charge in [0.15, 0.2) is 9.84 Å². The summed E-state index contributed by atoms with van der Waals surface area (Å²) in [5, 5.41) is 0.541. The number of aromatic nitrogens is 3. The van der Waals surface area contributed by atoms with E-state index >= 15 is 0 Å². The molecule has 0 bridgehead atoms. The van der Waals surface area contributed by atoms with Crippen LogP contribution in [0.15, 0.2) is 79.3 Å². The van der Waals surface area contributed by atoms with Gasteiger partial charge in [-0.2, -0.15) is 0 Å². The van der Waals surface area contributed by atoms with Crippen molar-refractivity contribution < 1.29 is 13.2 Å². The molecule has 0 N–H and O–H groups in total. The zero-order valence-electron chi connectivity index (χ0n) is 21.5. The van der Waals surface area contributed by atoms with Gasteiger partial charge in [-0.25, -0.2) is 18.4 Å². The molecule has 4 aromatic rings. The minimum atomic E-state index is -3.31. The molecule has 2 aliphatic heterocycles. The van der Waals surface area contributed by atoms with E-state index in [9.17, 15) is 8.42 Å². The largest absolute Gasteiger partial charge is 0.487 e. The number of nitrogens with zero attached hydrogens (tertiary/aromatic N) is 4. The van der Waals surface area contributed by atoms with Crippen molar-refractivity contribution >= 4 is 27.4 Å². The highest BCUT2D eigenvalue weighted by atomic mass is 35.5. The van der Waals surface area contributed by atoms with E-state index in [2.05, 4.69) is 38.1 Å². The molecule has 2 aliphatic rings. The van der Waals surface area contributed by atoms with Crippen LogP contribution in [0.4, 0.5) is 5.95 Å². The van der Waals surface area contributed by atoms with Crippen molar-refractivity contribution in [1.82, 2.24) is 15.0 Å². The molecule has 7 nitrogen and oxygen atoms in total. The summed E-state index contributed by atoms with van der Waals surface area (Å²) in [6, 6.07) is 19.5. The van der Waals surface area contributed by atoms with Gasteiger partial charge in [0.25, 0.3) is 0 Å². The molecule has 1 saturated heterocycles. The van der Waals surface area contributed by atoms with Crippen molar-refractivity contribution in [2.45, 2.75) is 42.8 Å². The Kier molecular flexibility index (Phi) is 6.99. The van der Waals surface area contributed by atoms with E-state index in [1.165, 1.54) is 5.56 Å². The Morgan fingerprint density at radius 1 is 0.872 bits per heavy atom. The van der Waals surface area contributed by atoms with Gasteiger partial charge < -0.3 is 9.64 Å². The average Bonchev–Trinajstić information content (AvgIpc) is 2.94. The molecule has 1 spiro atoms. The molecule has 0 amide bonds. The number of sulfone groups is 1. The van der Waals surface area contributed by atoms with Crippen LogP contribution in [0.2, 0.25) is 5.02 Å². The van der Waals surface area contributed by atoms with Crippen molar-refractivity contribution in [2.24, 2.45) is 0 Å². The van der Waals surface area contributed by atoms with Gasteiger partial charge in [0.2, 0.25) is 5.95 Å². The standard InChI is InChI=1S/C30H29ClN4O3S/c31-26-18-33-29(34-19-26)35-15-12-30(13-16-35)11-10-25-17-24(8-9-28(25)38-30)23-6-4-22(5-7-23)20-39(36,37)21-27-3-1-2-14-32-27/h1-9,14,17-19H,10-13,15-16,20-21H2. The number of aryl methyl sites for hydroxylation is 1. The maximum atomic E-state index is 12.6. The fourth-order valence-electron chi connectivity index (χ4n) is 5.44. The van der Waals surface area contributed by atoms with Crippen molar-refractivity contribution in [1.29, 1.82) is 0 Å². The highest BCUT2D eigenvalue weighted by Crippen LogP contribution is 2.41. The van der Waals surface area contributed by atoms with E-state index in [-0.39, 0.29) is 17.1 Å². The summed E-state index contributed by atoms with van der Waals surface area (Å²) >= 11 is 5.93. The maximum absolute atomic E-state index is 12.6. The predicted octanol–water partition coefficient (Wildman–Crippen LogP) is 5.67. The van der Waals surface area contributed by atoms with Crippen LogP contribution in [0.25, 0.3) is 11.1 Å². The number of hydrogen-bond acceptors (Lipinski definition) is 7. The Bertz CT molecular complexity index is 1550. The first-order chi connectivity index (χ1) is 18.9. The number of piperidine rings is 1. The summed E-state index contributed by atoms with van der Waals surface area (Å²) in [5.74, 6) is 1.60. The predicted molar refractivity (Wildman–Crippen MR) is 153 cm³/mol. The number of hydrogen-bond donors (Lipinski definition) is 0. The molecule has 0 unspecified atom stereocenters. The van der Waals surface area contributed by atoms with Gasteiger partial charge in [0.05, 0.1) is 34.6 Å². The van der Waals surface area contributed by atoms with Crippen molar-refractivity contribution in [3.8, 4) is 16.9 Å². The first-order valence-corrected chi connectivity index (χ1v) is 15.3. The van der Waals surface area contributed by atoms with Crippen LogP contribution in [0.5, 0.6) is 5.75 Å². The SMILES string of the molecule is O=S(=O)(Cc1ccc(-c2ccc3c(c2)CCC2(CCN(c4ncc(Cl)cn4)CC2)O3)cc1)Cc1ccccn1. The second-order valence-electron chi connectivity index (χ2n) is 10.3. The molecule has 9 heteroatoms. The quantitative estimate of drug-likeness (QED) is 0.300. The summed E-state index contributed by atoms with van der Waals surface area (Å²) in [5.41, 5.74) is 4.55. The van der Waals surface area contributed by atoms with E-state index in [1.807, 2.05) is 24.3 Å². The monoisotopic (exact) mass is 560 g/mol. The molecular formula is C30H29ClN4O3S. The Morgan fingerprint density at radius 3 is 2.33 bits per heavy atom. The average molecular weight is 561 g/mol. The lowest BCUT2D eigenvalue weighted by molar-refractivity contribution is 0.0224. The fourth-order valence-corrected chi connectivity index (χ4v) is 6.96. The van der Waals surface area contributed by atoms with Crippen LogP contribution in [0.3, 0.4) is 0 Å². The summed E-state index contributed by atoms with van der Waals surface area (Å²) in [6.07, 6.45) is 8.67. The zero-order chi connectivity index (χ0) is 26.9. The molecule has 6 rings (SSSR count). The van der Waals surface area contributed by atoms with Crippen LogP contribution in [0, 0.1) is 0 Å². The molecule has 0 saturated carbocycles. The smallest absolute Gasteiger partial charge is 0.225 e. The summed E-state index contributed by atoms with van der Waals surface area (Å²) in [4.78, 5) is 15.1. The highest BCUT2D eigenvalue weighted by Gasteiger charge is 2.40. The lowest BCUT2D eigenvalue weighted by atomic mass is 9.82. The molecule has 4 heterocycles.